The molecule has 0 atom stereocenters. The molecule has 0 radical (unpaired) electrons. The van der Waals surface area contributed by atoms with Gasteiger partial charge in [0.25, 0.3) is 0 Å². The number of imidazole rings is 1. The quantitative estimate of drug-likeness (QED) is 0.839. The first kappa shape index (κ1) is 14.9. The van der Waals surface area contributed by atoms with Crippen molar-refractivity contribution >= 4 is 29.1 Å². The van der Waals surface area contributed by atoms with Crippen molar-refractivity contribution in [3.63, 3.8) is 0 Å². The average molecular weight is 328 g/mol. The third kappa shape index (κ3) is 2.39. The van der Waals surface area contributed by atoms with Gasteiger partial charge in [-0.25, -0.2) is 9.78 Å². The number of anilines is 2. The molecule has 0 saturated carbocycles. The Morgan fingerprint density at radius 3 is 2.71 bits per heavy atom. The number of aryl methyl sites for hydroxylation is 1. The molecule has 2 aliphatic rings. The monoisotopic (exact) mass is 328 g/mol. The number of nitrogens with zero attached hydrogens (tertiary/aromatic N) is 4. The van der Waals surface area contributed by atoms with E-state index in [1.165, 1.54) is 5.69 Å². The lowest BCUT2D eigenvalue weighted by Crippen LogP contribution is -2.50. The van der Waals surface area contributed by atoms with Gasteiger partial charge in [0.05, 0.1) is 6.20 Å². The van der Waals surface area contributed by atoms with Crippen molar-refractivity contribution in [2.75, 3.05) is 42.5 Å². The summed E-state index contributed by atoms with van der Waals surface area (Å²) in [6.45, 7) is 6.33. The molecule has 0 spiro atoms. The standard InChI is InChI=1S/C16H20N6O2/c1-11-12(20-8-4-17-5-9-20)2-6-21-14(10-18-15(11)21)22-7-3-13(23)19-16(22)24/h2,6,10,17H,3-5,7-9H2,1H3,(H,19,23,24). The number of hydrogen-bond acceptors (Lipinski definition) is 5. The van der Waals surface area contributed by atoms with Crippen molar-refractivity contribution in [1.82, 2.24) is 20.0 Å². The molecule has 0 aromatic carbocycles. The van der Waals surface area contributed by atoms with Crippen LogP contribution in [0.4, 0.5) is 16.3 Å². The van der Waals surface area contributed by atoms with Crippen LogP contribution in [0.2, 0.25) is 0 Å². The first-order valence-electron chi connectivity index (χ1n) is 8.19. The minimum Gasteiger partial charge on any atom is -0.369 e. The van der Waals surface area contributed by atoms with Crippen LogP contribution in [0.1, 0.15) is 12.0 Å². The van der Waals surface area contributed by atoms with Crippen LogP contribution >= 0.6 is 0 Å². The topological polar surface area (TPSA) is 82.0 Å². The number of carbonyl (C=O) groups excluding carboxylic acids is 2. The number of aromatic nitrogens is 2. The second kappa shape index (κ2) is 5.79. The van der Waals surface area contributed by atoms with Crippen LogP contribution in [0, 0.1) is 6.92 Å². The third-order valence-electron chi connectivity index (χ3n) is 4.67. The molecule has 2 aromatic rings. The lowest BCUT2D eigenvalue weighted by Gasteiger charge is -2.31. The zero-order valence-corrected chi connectivity index (χ0v) is 13.6. The predicted molar refractivity (Wildman–Crippen MR) is 90.5 cm³/mol. The maximum atomic E-state index is 12.1. The van der Waals surface area contributed by atoms with Crippen molar-refractivity contribution in [2.45, 2.75) is 13.3 Å². The van der Waals surface area contributed by atoms with Crippen LogP contribution < -0.4 is 20.4 Å². The van der Waals surface area contributed by atoms with Crippen molar-refractivity contribution in [2.24, 2.45) is 0 Å². The van der Waals surface area contributed by atoms with E-state index in [1.807, 2.05) is 10.6 Å². The van der Waals surface area contributed by atoms with Gasteiger partial charge >= 0.3 is 6.03 Å². The third-order valence-corrected chi connectivity index (χ3v) is 4.67. The highest BCUT2D eigenvalue weighted by Gasteiger charge is 2.27. The molecule has 2 saturated heterocycles. The second-order valence-electron chi connectivity index (χ2n) is 6.13. The molecule has 0 aliphatic carbocycles. The van der Waals surface area contributed by atoms with E-state index in [-0.39, 0.29) is 5.91 Å². The minimum atomic E-state index is -0.392. The SMILES string of the molecule is Cc1c(N2CCNCC2)ccn2c(N3CCC(=O)NC3=O)cnc12. The fourth-order valence-electron chi connectivity index (χ4n) is 3.39. The van der Waals surface area contributed by atoms with E-state index >= 15 is 0 Å². The molecular weight excluding hydrogens is 308 g/mol. The molecule has 2 aromatic heterocycles. The van der Waals surface area contributed by atoms with Gasteiger partial charge in [0, 0.05) is 56.6 Å². The summed E-state index contributed by atoms with van der Waals surface area (Å²) in [5, 5.41) is 5.71. The predicted octanol–water partition coefficient (Wildman–Crippen LogP) is 0.499. The summed E-state index contributed by atoms with van der Waals surface area (Å²) >= 11 is 0. The summed E-state index contributed by atoms with van der Waals surface area (Å²) in [5.41, 5.74) is 3.12. The van der Waals surface area contributed by atoms with Gasteiger partial charge in [0.2, 0.25) is 5.91 Å². The van der Waals surface area contributed by atoms with E-state index in [2.05, 4.69) is 33.5 Å². The van der Waals surface area contributed by atoms with E-state index in [4.69, 9.17) is 0 Å². The fraction of sp³-hybridized carbons (Fsp3) is 0.438. The van der Waals surface area contributed by atoms with Crippen molar-refractivity contribution in [3.05, 3.63) is 24.0 Å². The number of pyridine rings is 1. The van der Waals surface area contributed by atoms with Gasteiger partial charge in [-0.2, -0.15) is 0 Å². The summed E-state index contributed by atoms with van der Waals surface area (Å²) in [6, 6.07) is 1.68. The molecule has 4 rings (SSSR count). The minimum absolute atomic E-state index is 0.234. The molecule has 2 fully saturated rings. The molecule has 2 N–H and O–H groups in total. The maximum absolute atomic E-state index is 12.1. The summed E-state index contributed by atoms with van der Waals surface area (Å²) in [7, 11) is 0. The van der Waals surface area contributed by atoms with Crippen LogP contribution in [-0.2, 0) is 4.79 Å². The zero-order valence-electron chi connectivity index (χ0n) is 13.6. The Labute approximate surface area is 139 Å². The molecule has 24 heavy (non-hydrogen) atoms. The molecule has 0 unspecified atom stereocenters. The van der Waals surface area contributed by atoms with E-state index in [0.29, 0.717) is 18.8 Å². The van der Waals surface area contributed by atoms with Gasteiger partial charge in [0.1, 0.15) is 11.5 Å². The smallest absolute Gasteiger partial charge is 0.329 e. The highest BCUT2D eigenvalue weighted by Crippen LogP contribution is 2.27. The van der Waals surface area contributed by atoms with Crippen molar-refractivity contribution in [3.8, 4) is 0 Å². The Hall–Kier alpha value is -2.61. The highest BCUT2D eigenvalue weighted by molar-refractivity contribution is 6.05. The zero-order chi connectivity index (χ0) is 16.7. The maximum Gasteiger partial charge on any atom is 0.329 e. The number of amides is 3. The first-order chi connectivity index (χ1) is 11.6. The number of carbonyl (C=O) groups is 2. The number of urea groups is 1. The number of rotatable bonds is 2. The number of fused-ring (bicyclic) bond motifs is 1. The van der Waals surface area contributed by atoms with E-state index in [0.717, 1.165) is 37.4 Å². The number of imide groups is 1. The fourth-order valence-corrected chi connectivity index (χ4v) is 3.39. The van der Waals surface area contributed by atoms with Crippen molar-refractivity contribution < 1.29 is 9.59 Å². The lowest BCUT2D eigenvalue weighted by atomic mass is 10.2. The second-order valence-corrected chi connectivity index (χ2v) is 6.13. The number of piperazine rings is 1. The summed E-state index contributed by atoms with van der Waals surface area (Å²) in [6.07, 6.45) is 3.95. The summed E-state index contributed by atoms with van der Waals surface area (Å²) < 4.78 is 1.91. The molecule has 8 heteroatoms. The van der Waals surface area contributed by atoms with Crippen LogP contribution in [0.15, 0.2) is 18.5 Å². The Kier molecular flexibility index (Phi) is 3.61. The molecular formula is C16H20N6O2. The van der Waals surface area contributed by atoms with Crippen molar-refractivity contribution in [1.29, 1.82) is 0 Å². The van der Waals surface area contributed by atoms with Gasteiger partial charge in [-0.15, -0.1) is 0 Å². The van der Waals surface area contributed by atoms with Crippen LogP contribution in [0.5, 0.6) is 0 Å². The molecule has 2 aliphatic heterocycles. The Bertz CT molecular complexity index is 808. The molecule has 4 heterocycles. The van der Waals surface area contributed by atoms with Gasteiger partial charge in [-0.05, 0) is 13.0 Å². The van der Waals surface area contributed by atoms with Crippen LogP contribution in [0.3, 0.4) is 0 Å². The largest absolute Gasteiger partial charge is 0.369 e. The van der Waals surface area contributed by atoms with E-state index in [1.54, 1.807) is 11.1 Å². The molecule has 0 bridgehead atoms. The normalized spacial score (nSPS) is 19.0. The Morgan fingerprint density at radius 2 is 1.96 bits per heavy atom. The van der Waals surface area contributed by atoms with Crippen LogP contribution in [0.25, 0.3) is 5.65 Å². The number of hydrogen-bond donors (Lipinski definition) is 2. The van der Waals surface area contributed by atoms with E-state index < -0.39 is 6.03 Å². The molecule has 8 nitrogen and oxygen atoms in total. The highest BCUT2D eigenvalue weighted by atomic mass is 16.2. The Balaban J connectivity index is 1.71. The molecule has 126 valence electrons. The average Bonchev–Trinajstić information content (AvgIpc) is 3.01. The van der Waals surface area contributed by atoms with Crippen LogP contribution in [-0.4, -0.2) is 54.0 Å². The lowest BCUT2D eigenvalue weighted by molar-refractivity contribution is -0.120. The summed E-state index contributed by atoms with van der Waals surface area (Å²) in [5.74, 6) is 0.451. The van der Waals surface area contributed by atoms with Gasteiger partial charge < -0.3 is 10.2 Å². The Morgan fingerprint density at radius 1 is 1.17 bits per heavy atom. The van der Waals surface area contributed by atoms with E-state index in [9.17, 15) is 9.59 Å². The molecule has 3 amide bonds. The van der Waals surface area contributed by atoms with Gasteiger partial charge in [-0.3, -0.25) is 19.4 Å². The van der Waals surface area contributed by atoms with Gasteiger partial charge in [0.15, 0.2) is 0 Å². The number of nitrogens with one attached hydrogen (secondary N) is 2. The van der Waals surface area contributed by atoms with Gasteiger partial charge in [-0.1, -0.05) is 0 Å². The first-order valence-corrected chi connectivity index (χ1v) is 8.19. The summed E-state index contributed by atoms with van der Waals surface area (Å²) in [4.78, 5) is 31.8.